The molecule has 2 nitrogen and oxygen atoms in total. The molecule has 1 rings (SSSR count). The SMILES string of the molecule is CC(Cc1ccc(F)cc1)NCCN(C(C)C)C(C)C. The average Bonchev–Trinajstić information content (AvgIpc) is 2.36. The normalized spacial score (nSPS) is 13.4. The summed E-state index contributed by atoms with van der Waals surface area (Å²) in [5, 5.41) is 3.55. The summed E-state index contributed by atoms with van der Waals surface area (Å²) in [7, 11) is 0. The van der Waals surface area contributed by atoms with Gasteiger partial charge in [-0.1, -0.05) is 12.1 Å². The summed E-state index contributed by atoms with van der Waals surface area (Å²) in [6.07, 6.45) is 0.934. The Labute approximate surface area is 123 Å². The molecule has 0 heterocycles. The molecule has 0 radical (unpaired) electrons. The molecule has 20 heavy (non-hydrogen) atoms. The maximum atomic E-state index is 12.8. The zero-order chi connectivity index (χ0) is 15.1. The number of nitrogens with zero attached hydrogens (tertiary/aromatic N) is 1. The standard InChI is InChI=1S/C17H29FN2/c1-13(2)20(14(3)4)11-10-19-15(5)12-16-6-8-17(18)9-7-16/h6-9,13-15,19H,10-12H2,1-5H3. The van der Waals surface area contributed by atoms with E-state index in [1.807, 2.05) is 12.1 Å². The molecule has 3 heteroatoms. The Hall–Kier alpha value is -0.930. The summed E-state index contributed by atoms with van der Waals surface area (Å²) in [6.45, 7) is 13.2. The Morgan fingerprint density at radius 1 is 1.00 bits per heavy atom. The number of hydrogen-bond acceptors (Lipinski definition) is 2. The number of benzene rings is 1. The van der Waals surface area contributed by atoms with Crippen LogP contribution in [0.25, 0.3) is 0 Å². The molecular weight excluding hydrogens is 251 g/mol. The Kier molecular flexibility index (Phi) is 7.17. The molecule has 114 valence electrons. The third kappa shape index (κ3) is 6.02. The van der Waals surface area contributed by atoms with E-state index >= 15 is 0 Å². The van der Waals surface area contributed by atoms with Gasteiger partial charge in [-0.05, 0) is 58.7 Å². The maximum absolute atomic E-state index is 12.8. The summed E-state index contributed by atoms with van der Waals surface area (Å²) in [6, 6.07) is 8.34. The zero-order valence-electron chi connectivity index (χ0n) is 13.5. The molecule has 1 atom stereocenters. The van der Waals surface area contributed by atoms with Crippen LogP contribution in [0.3, 0.4) is 0 Å². The lowest BCUT2D eigenvalue weighted by atomic mass is 10.1. The van der Waals surface area contributed by atoms with Gasteiger partial charge in [0.15, 0.2) is 0 Å². The van der Waals surface area contributed by atoms with E-state index in [2.05, 4.69) is 44.8 Å². The van der Waals surface area contributed by atoms with Crippen LogP contribution in [0.2, 0.25) is 0 Å². The van der Waals surface area contributed by atoms with Crippen molar-refractivity contribution in [1.29, 1.82) is 0 Å². The van der Waals surface area contributed by atoms with Gasteiger partial charge in [-0.15, -0.1) is 0 Å². The van der Waals surface area contributed by atoms with E-state index in [0.717, 1.165) is 19.5 Å². The topological polar surface area (TPSA) is 15.3 Å². The van der Waals surface area contributed by atoms with Gasteiger partial charge in [0.05, 0.1) is 0 Å². The quantitative estimate of drug-likeness (QED) is 0.784. The van der Waals surface area contributed by atoms with Crippen molar-refractivity contribution in [2.24, 2.45) is 0 Å². The van der Waals surface area contributed by atoms with Crippen LogP contribution in [0.5, 0.6) is 0 Å². The van der Waals surface area contributed by atoms with Crippen molar-refractivity contribution >= 4 is 0 Å². The van der Waals surface area contributed by atoms with E-state index in [-0.39, 0.29) is 5.82 Å². The van der Waals surface area contributed by atoms with Crippen molar-refractivity contribution in [1.82, 2.24) is 10.2 Å². The van der Waals surface area contributed by atoms with E-state index in [0.29, 0.717) is 18.1 Å². The monoisotopic (exact) mass is 280 g/mol. The molecule has 0 fully saturated rings. The van der Waals surface area contributed by atoms with Gasteiger partial charge < -0.3 is 5.32 Å². The van der Waals surface area contributed by atoms with Crippen molar-refractivity contribution in [2.75, 3.05) is 13.1 Å². The second kappa shape index (κ2) is 8.38. The van der Waals surface area contributed by atoms with Gasteiger partial charge in [0.25, 0.3) is 0 Å². The van der Waals surface area contributed by atoms with Gasteiger partial charge >= 0.3 is 0 Å². The average molecular weight is 280 g/mol. The summed E-state index contributed by atoms with van der Waals surface area (Å²) in [5.74, 6) is -0.168. The smallest absolute Gasteiger partial charge is 0.123 e. The first-order chi connectivity index (χ1) is 9.40. The molecule has 0 saturated heterocycles. The number of hydrogen-bond donors (Lipinski definition) is 1. The zero-order valence-corrected chi connectivity index (χ0v) is 13.5. The van der Waals surface area contributed by atoms with Crippen LogP contribution >= 0.6 is 0 Å². The van der Waals surface area contributed by atoms with E-state index in [9.17, 15) is 4.39 Å². The third-order valence-corrected chi connectivity index (χ3v) is 3.64. The van der Waals surface area contributed by atoms with Crippen LogP contribution in [0.4, 0.5) is 4.39 Å². The number of nitrogens with one attached hydrogen (secondary N) is 1. The molecule has 0 aliphatic heterocycles. The molecule has 1 unspecified atom stereocenters. The van der Waals surface area contributed by atoms with Crippen LogP contribution in [0.1, 0.15) is 40.2 Å². The minimum Gasteiger partial charge on any atom is -0.313 e. The molecular formula is C17H29FN2. The lowest BCUT2D eigenvalue weighted by molar-refractivity contribution is 0.174. The van der Waals surface area contributed by atoms with Crippen molar-refractivity contribution in [2.45, 2.75) is 59.2 Å². The van der Waals surface area contributed by atoms with Gasteiger partial charge in [-0.2, -0.15) is 0 Å². The molecule has 0 aromatic heterocycles. The predicted octanol–water partition coefficient (Wildman–Crippen LogP) is 3.47. The Balaban J connectivity index is 2.32. The van der Waals surface area contributed by atoms with E-state index < -0.39 is 0 Å². The van der Waals surface area contributed by atoms with Crippen LogP contribution in [-0.4, -0.2) is 36.1 Å². The van der Waals surface area contributed by atoms with Crippen molar-refractivity contribution in [3.63, 3.8) is 0 Å². The molecule has 1 aromatic rings. The van der Waals surface area contributed by atoms with Gasteiger partial charge in [0.2, 0.25) is 0 Å². The van der Waals surface area contributed by atoms with E-state index in [1.54, 1.807) is 0 Å². The lowest BCUT2D eigenvalue weighted by Crippen LogP contribution is -2.43. The molecule has 1 N–H and O–H groups in total. The van der Waals surface area contributed by atoms with Crippen molar-refractivity contribution in [3.05, 3.63) is 35.6 Å². The summed E-state index contributed by atoms with van der Waals surface area (Å²) in [5.41, 5.74) is 1.18. The van der Waals surface area contributed by atoms with Crippen molar-refractivity contribution in [3.8, 4) is 0 Å². The third-order valence-electron chi connectivity index (χ3n) is 3.64. The van der Waals surface area contributed by atoms with E-state index in [4.69, 9.17) is 0 Å². The predicted molar refractivity (Wildman–Crippen MR) is 84.5 cm³/mol. The number of halogens is 1. The van der Waals surface area contributed by atoms with Crippen molar-refractivity contribution < 1.29 is 4.39 Å². The fourth-order valence-electron chi connectivity index (χ4n) is 2.60. The highest BCUT2D eigenvalue weighted by Crippen LogP contribution is 2.06. The first-order valence-electron chi connectivity index (χ1n) is 7.63. The fourth-order valence-corrected chi connectivity index (χ4v) is 2.60. The Morgan fingerprint density at radius 3 is 2.05 bits per heavy atom. The van der Waals surface area contributed by atoms with Gasteiger partial charge in [-0.25, -0.2) is 4.39 Å². The summed E-state index contributed by atoms with van der Waals surface area (Å²) >= 11 is 0. The van der Waals surface area contributed by atoms with Crippen LogP contribution in [-0.2, 0) is 6.42 Å². The minimum atomic E-state index is -0.168. The molecule has 0 spiro atoms. The maximum Gasteiger partial charge on any atom is 0.123 e. The van der Waals surface area contributed by atoms with Crippen LogP contribution in [0.15, 0.2) is 24.3 Å². The fraction of sp³-hybridized carbons (Fsp3) is 0.647. The highest BCUT2D eigenvalue weighted by Gasteiger charge is 2.13. The van der Waals surface area contributed by atoms with Gasteiger partial charge in [0.1, 0.15) is 5.82 Å². The summed E-state index contributed by atoms with van der Waals surface area (Å²) in [4.78, 5) is 2.48. The second-order valence-electron chi connectivity index (χ2n) is 6.11. The Morgan fingerprint density at radius 2 is 1.55 bits per heavy atom. The Bertz CT molecular complexity index is 365. The largest absolute Gasteiger partial charge is 0.313 e. The first kappa shape index (κ1) is 17.1. The molecule has 0 aliphatic carbocycles. The minimum absolute atomic E-state index is 0.168. The van der Waals surface area contributed by atoms with Crippen LogP contribution < -0.4 is 5.32 Å². The molecule has 1 aromatic carbocycles. The van der Waals surface area contributed by atoms with E-state index in [1.165, 1.54) is 17.7 Å². The van der Waals surface area contributed by atoms with Gasteiger partial charge in [-0.3, -0.25) is 4.90 Å². The number of rotatable bonds is 8. The molecule has 0 saturated carbocycles. The molecule has 0 bridgehead atoms. The highest BCUT2D eigenvalue weighted by atomic mass is 19.1. The van der Waals surface area contributed by atoms with Gasteiger partial charge in [0, 0.05) is 31.2 Å². The van der Waals surface area contributed by atoms with Crippen LogP contribution in [0, 0.1) is 5.82 Å². The molecule has 0 amide bonds. The summed E-state index contributed by atoms with van der Waals surface area (Å²) < 4.78 is 12.8. The first-order valence-corrected chi connectivity index (χ1v) is 7.63. The second-order valence-corrected chi connectivity index (χ2v) is 6.11. The molecule has 0 aliphatic rings. The lowest BCUT2D eigenvalue weighted by Gasteiger charge is -2.31. The highest BCUT2D eigenvalue weighted by molar-refractivity contribution is 5.16.